The Balaban J connectivity index is 2.21. The Bertz CT molecular complexity index is 365. The summed E-state index contributed by atoms with van der Waals surface area (Å²) in [6, 6.07) is 1.75. The standard InChI is InChI=1S/C10H14F3N3O2/c11-10(12,13)8(9(17)18)7-14-3-1-5-16-6-2-4-15-16/h2,4,6,8,14H,1,3,5,7H2,(H,17,18). The van der Waals surface area contributed by atoms with Crippen LogP contribution >= 0.6 is 0 Å². The monoisotopic (exact) mass is 265 g/mol. The van der Waals surface area contributed by atoms with Gasteiger partial charge in [0.2, 0.25) is 0 Å². The number of carboxylic acids is 1. The molecule has 0 aromatic carbocycles. The van der Waals surface area contributed by atoms with E-state index in [1.54, 1.807) is 23.1 Å². The third-order valence-corrected chi connectivity index (χ3v) is 2.34. The molecule has 2 N–H and O–H groups in total. The van der Waals surface area contributed by atoms with Crippen molar-refractivity contribution in [3.63, 3.8) is 0 Å². The summed E-state index contributed by atoms with van der Waals surface area (Å²) in [5.41, 5.74) is 0. The zero-order valence-corrected chi connectivity index (χ0v) is 9.52. The van der Waals surface area contributed by atoms with E-state index < -0.39 is 24.6 Å². The van der Waals surface area contributed by atoms with Crippen molar-refractivity contribution in [1.82, 2.24) is 15.1 Å². The molecule has 0 saturated carbocycles. The number of aliphatic carboxylic acids is 1. The fraction of sp³-hybridized carbons (Fsp3) is 0.600. The number of carboxylic acid groups (broad SMARTS) is 1. The van der Waals surface area contributed by atoms with Gasteiger partial charge in [-0.15, -0.1) is 0 Å². The molecule has 0 aliphatic heterocycles. The molecule has 1 rings (SSSR count). The zero-order chi connectivity index (χ0) is 13.6. The molecule has 0 fully saturated rings. The van der Waals surface area contributed by atoms with Crippen molar-refractivity contribution in [3.05, 3.63) is 18.5 Å². The van der Waals surface area contributed by atoms with Crippen LogP contribution in [0.1, 0.15) is 6.42 Å². The van der Waals surface area contributed by atoms with Crippen LogP contribution in [0.4, 0.5) is 13.2 Å². The minimum absolute atomic E-state index is 0.305. The highest BCUT2D eigenvalue weighted by atomic mass is 19.4. The molecule has 5 nitrogen and oxygen atoms in total. The van der Waals surface area contributed by atoms with E-state index in [0.29, 0.717) is 19.5 Å². The fourth-order valence-electron chi connectivity index (χ4n) is 1.39. The summed E-state index contributed by atoms with van der Waals surface area (Å²) in [5.74, 6) is -4.22. The number of aryl methyl sites for hydroxylation is 1. The first-order chi connectivity index (χ1) is 8.41. The normalized spacial score (nSPS) is 13.5. The number of aromatic nitrogens is 2. The highest BCUT2D eigenvalue weighted by molar-refractivity contribution is 5.71. The average molecular weight is 265 g/mol. The summed E-state index contributed by atoms with van der Waals surface area (Å²) in [5, 5.41) is 14.9. The van der Waals surface area contributed by atoms with Crippen molar-refractivity contribution >= 4 is 5.97 Å². The number of carbonyl (C=O) groups is 1. The molecule has 0 spiro atoms. The fourth-order valence-corrected chi connectivity index (χ4v) is 1.39. The van der Waals surface area contributed by atoms with E-state index in [-0.39, 0.29) is 0 Å². The van der Waals surface area contributed by atoms with Gasteiger partial charge in [0, 0.05) is 25.5 Å². The first-order valence-electron chi connectivity index (χ1n) is 5.39. The van der Waals surface area contributed by atoms with Crippen molar-refractivity contribution in [3.8, 4) is 0 Å². The topological polar surface area (TPSA) is 67.2 Å². The summed E-state index contributed by atoms with van der Waals surface area (Å²) < 4.78 is 38.5. The van der Waals surface area contributed by atoms with Crippen molar-refractivity contribution < 1.29 is 23.1 Å². The molecule has 0 radical (unpaired) electrons. The third-order valence-electron chi connectivity index (χ3n) is 2.34. The van der Waals surface area contributed by atoms with Crippen LogP contribution in [0.15, 0.2) is 18.5 Å². The molecule has 1 atom stereocenters. The van der Waals surface area contributed by atoms with Gasteiger partial charge in [-0.2, -0.15) is 18.3 Å². The van der Waals surface area contributed by atoms with Gasteiger partial charge in [0.1, 0.15) is 0 Å². The smallest absolute Gasteiger partial charge is 0.403 e. The molecular weight excluding hydrogens is 251 g/mol. The van der Waals surface area contributed by atoms with Gasteiger partial charge in [-0.25, -0.2) is 0 Å². The molecule has 8 heteroatoms. The Morgan fingerprint density at radius 3 is 2.72 bits per heavy atom. The second kappa shape index (κ2) is 6.39. The average Bonchev–Trinajstić information content (AvgIpc) is 2.73. The van der Waals surface area contributed by atoms with E-state index in [4.69, 9.17) is 5.11 Å². The van der Waals surface area contributed by atoms with Gasteiger partial charge in [-0.1, -0.05) is 0 Å². The Kier molecular flexibility index (Phi) is 5.14. The molecule has 1 aromatic rings. The molecule has 0 aliphatic rings. The van der Waals surface area contributed by atoms with E-state index >= 15 is 0 Å². The van der Waals surface area contributed by atoms with E-state index in [1.807, 2.05) is 0 Å². The summed E-state index contributed by atoms with van der Waals surface area (Å²) in [7, 11) is 0. The van der Waals surface area contributed by atoms with Crippen LogP contribution < -0.4 is 5.32 Å². The molecule has 18 heavy (non-hydrogen) atoms. The van der Waals surface area contributed by atoms with Crippen molar-refractivity contribution in [2.24, 2.45) is 5.92 Å². The van der Waals surface area contributed by atoms with Gasteiger partial charge >= 0.3 is 12.1 Å². The van der Waals surface area contributed by atoms with E-state index in [9.17, 15) is 18.0 Å². The molecular formula is C10H14F3N3O2. The molecule has 0 amide bonds. The Morgan fingerprint density at radius 1 is 1.50 bits per heavy atom. The second-order valence-corrected chi connectivity index (χ2v) is 3.76. The zero-order valence-electron chi connectivity index (χ0n) is 9.52. The van der Waals surface area contributed by atoms with Crippen LogP contribution in [0.2, 0.25) is 0 Å². The van der Waals surface area contributed by atoms with Crippen LogP contribution in [0.5, 0.6) is 0 Å². The van der Waals surface area contributed by atoms with Crippen LogP contribution in [0, 0.1) is 5.92 Å². The summed E-state index contributed by atoms with van der Waals surface area (Å²) >= 11 is 0. The molecule has 0 saturated heterocycles. The number of nitrogens with one attached hydrogen (secondary N) is 1. The van der Waals surface area contributed by atoms with Gasteiger partial charge in [0.25, 0.3) is 0 Å². The van der Waals surface area contributed by atoms with Crippen molar-refractivity contribution in [2.45, 2.75) is 19.1 Å². The van der Waals surface area contributed by atoms with Crippen LogP contribution in [0.3, 0.4) is 0 Å². The summed E-state index contributed by atoms with van der Waals surface area (Å²) in [4.78, 5) is 10.4. The maximum atomic E-state index is 12.3. The van der Waals surface area contributed by atoms with Crippen LogP contribution in [-0.4, -0.2) is 40.1 Å². The predicted molar refractivity (Wildman–Crippen MR) is 56.9 cm³/mol. The SMILES string of the molecule is O=C(O)C(CNCCCn1cccn1)C(F)(F)F. The lowest BCUT2D eigenvalue weighted by Gasteiger charge is -2.16. The van der Waals surface area contributed by atoms with Gasteiger partial charge in [0.05, 0.1) is 0 Å². The highest BCUT2D eigenvalue weighted by Gasteiger charge is 2.44. The number of rotatable bonds is 7. The largest absolute Gasteiger partial charge is 0.481 e. The lowest BCUT2D eigenvalue weighted by Crippen LogP contribution is -2.39. The van der Waals surface area contributed by atoms with Gasteiger partial charge in [0.15, 0.2) is 5.92 Å². The van der Waals surface area contributed by atoms with Crippen molar-refractivity contribution in [2.75, 3.05) is 13.1 Å². The quantitative estimate of drug-likeness (QED) is 0.725. The molecule has 1 aromatic heterocycles. The van der Waals surface area contributed by atoms with E-state index in [0.717, 1.165) is 0 Å². The minimum atomic E-state index is -4.72. The van der Waals surface area contributed by atoms with E-state index in [2.05, 4.69) is 10.4 Å². The Morgan fingerprint density at radius 2 is 2.22 bits per heavy atom. The number of alkyl halides is 3. The van der Waals surface area contributed by atoms with E-state index in [1.165, 1.54) is 0 Å². The third kappa shape index (κ3) is 4.74. The maximum absolute atomic E-state index is 12.3. The van der Waals surface area contributed by atoms with Gasteiger partial charge < -0.3 is 10.4 Å². The molecule has 1 unspecified atom stereocenters. The minimum Gasteiger partial charge on any atom is -0.481 e. The Hall–Kier alpha value is -1.57. The molecule has 1 heterocycles. The van der Waals surface area contributed by atoms with Gasteiger partial charge in [-0.3, -0.25) is 9.48 Å². The number of halogens is 3. The summed E-state index contributed by atoms with van der Waals surface area (Å²) in [6.07, 6.45) is -0.792. The second-order valence-electron chi connectivity index (χ2n) is 3.76. The number of nitrogens with zero attached hydrogens (tertiary/aromatic N) is 2. The van der Waals surface area contributed by atoms with Crippen LogP contribution in [0.25, 0.3) is 0 Å². The van der Waals surface area contributed by atoms with Gasteiger partial charge in [-0.05, 0) is 19.0 Å². The number of hydrogen-bond acceptors (Lipinski definition) is 3. The predicted octanol–water partition coefficient (Wildman–Crippen LogP) is 1.13. The molecule has 102 valence electrons. The molecule has 0 aliphatic carbocycles. The summed E-state index contributed by atoms with van der Waals surface area (Å²) in [6.45, 7) is 0.265. The lowest BCUT2D eigenvalue weighted by atomic mass is 10.1. The van der Waals surface area contributed by atoms with Crippen LogP contribution in [-0.2, 0) is 11.3 Å². The number of hydrogen-bond donors (Lipinski definition) is 2. The first kappa shape index (κ1) is 14.5. The molecule has 0 bridgehead atoms. The Labute approximate surface area is 102 Å². The first-order valence-corrected chi connectivity index (χ1v) is 5.39. The lowest BCUT2D eigenvalue weighted by molar-refractivity contribution is -0.192. The maximum Gasteiger partial charge on any atom is 0.403 e. The highest BCUT2D eigenvalue weighted by Crippen LogP contribution is 2.25. The van der Waals surface area contributed by atoms with Crippen molar-refractivity contribution in [1.29, 1.82) is 0 Å².